The summed E-state index contributed by atoms with van der Waals surface area (Å²) in [6, 6.07) is 23.3. The lowest BCUT2D eigenvalue weighted by atomic mass is 10.1. The largest absolute Gasteiger partial charge is 0.497 e. The first-order valence-corrected chi connectivity index (χ1v) is 15.1. The molecule has 0 radical (unpaired) electrons. The number of nitrogens with one attached hydrogen (secondary N) is 2. The van der Waals surface area contributed by atoms with Crippen molar-refractivity contribution in [3.8, 4) is 5.75 Å². The minimum Gasteiger partial charge on any atom is -0.497 e. The first-order valence-electron chi connectivity index (χ1n) is 13.6. The van der Waals surface area contributed by atoms with Crippen molar-refractivity contribution in [2.24, 2.45) is 0 Å². The van der Waals surface area contributed by atoms with Gasteiger partial charge in [-0.25, -0.2) is 13.1 Å². The lowest BCUT2D eigenvalue weighted by molar-refractivity contribution is -0.140. The van der Waals surface area contributed by atoms with Crippen LogP contribution in [0.3, 0.4) is 0 Å². The topological polar surface area (TPSA) is 105 Å². The molecule has 0 aliphatic heterocycles. The molecule has 0 aromatic heterocycles. The normalized spacial score (nSPS) is 13.8. The van der Waals surface area contributed by atoms with Crippen LogP contribution in [0.15, 0.2) is 83.8 Å². The lowest BCUT2D eigenvalue weighted by Gasteiger charge is -2.29. The fourth-order valence-corrected chi connectivity index (χ4v) is 5.66. The molecule has 0 unspecified atom stereocenters. The van der Waals surface area contributed by atoms with Crippen LogP contribution in [0.25, 0.3) is 0 Å². The molecule has 0 heterocycles. The summed E-state index contributed by atoms with van der Waals surface area (Å²) < 4.78 is 32.7. The molecule has 0 bridgehead atoms. The number of hydrogen-bond acceptors (Lipinski definition) is 5. The summed E-state index contributed by atoms with van der Waals surface area (Å²) in [7, 11) is -1.90. The first-order chi connectivity index (χ1) is 19.2. The Morgan fingerprint density at radius 2 is 1.52 bits per heavy atom. The van der Waals surface area contributed by atoms with Crippen molar-refractivity contribution in [3.05, 3.63) is 95.6 Å². The van der Waals surface area contributed by atoms with Crippen LogP contribution >= 0.6 is 0 Å². The molecule has 40 heavy (non-hydrogen) atoms. The van der Waals surface area contributed by atoms with Crippen LogP contribution in [-0.2, 0) is 39.0 Å². The van der Waals surface area contributed by atoms with Crippen molar-refractivity contribution >= 4 is 21.8 Å². The quantitative estimate of drug-likeness (QED) is 0.310. The smallest absolute Gasteiger partial charge is 0.242 e. The summed E-state index contributed by atoms with van der Waals surface area (Å²) in [5.41, 5.74) is 2.87. The molecule has 1 aliphatic rings. The summed E-state index contributed by atoms with van der Waals surface area (Å²) in [5.74, 6) is 0.423. The van der Waals surface area contributed by atoms with Crippen molar-refractivity contribution < 1.29 is 22.7 Å². The summed E-state index contributed by atoms with van der Waals surface area (Å²) in [6.45, 7) is 2.51. The van der Waals surface area contributed by atoms with Crippen LogP contribution in [0.4, 0.5) is 0 Å². The number of methoxy groups -OCH3 is 1. The van der Waals surface area contributed by atoms with Gasteiger partial charge in [0.05, 0.1) is 12.0 Å². The van der Waals surface area contributed by atoms with Gasteiger partial charge in [-0.1, -0.05) is 54.6 Å². The van der Waals surface area contributed by atoms with E-state index in [0.717, 1.165) is 35.3 Å². The third-order valence-corrected chi connectivity index (χ3v) is 8.53. The van der Waals surface area contributed by atoms with Crippen molar-refractivity contribution in [2.45, 2.75) is 62.6 Å². The number of amides is 2. The fourth-order valence-electron chi connectivity index (χ4n) is 4.35. The highest BCUT2D eigenvalue weighted by Crippen LogP contribution is 2.22. The molecule has 1 saturated carbocycles. The summed E-state index contributed by atoms with van der Waals surface area (Å²) in [6.07, 6.45) is 3.04. The molecular formula is C31H37N3O5S. The van der Waals surface area contributed by atoms with Gasteiger partial charge in [0.2, 0.25) is 21.8 Å². The molecular weight excluding hydrogens is 526 g/mol. The van der Waals surface area contributed by atoms with Gasteiger partial charge in [0, 0.05) is 25.6 Å². The Morgan fingerprint density at radius 3 is 2.15 bits per heavy atom. The number of benzene rings is 3. The monoisotopic (exact) mass is 563 g/mol. The predicted octanol–water partition coefficient (Wildman–Crippen LogP) is 3.84. The lowest BCUT2D eigenvalue weighted by Crippen LogP contribution is -2.48. The van der Waals surface area contributed by atoms with E-state index in [9.17, 15) is 18.0 Å². The standard InChI is InChI=1S/C31H37N3O5S/c1-23(31(36)32-21-20-25-8-15-28(39-2)16-9-25)34(22-26-6-4-3-5-7-26)30(35)19-12-24-10-17-29(18-11-24)40(37,38)33-27-13-14-27/h3-11,15-18,23,27,33H,12-14,19-22H2,1-2H3,(H,32,36)/t23-/m0/s1. The van der Waals surface area contributed by atoms with Crippen LogP contribution in [0.1, 0.15) is 42.9 Å². The van der Waals surface area contributed by atoms with Gasteiger partial charge in [0.15, 0.2) is 0 Å². The maximum atomic E-state index is 13.4. The van der Waals surface area contributed by atoms with Crippen LogP contribution < -0.4 is 14.8 Å². The van der Waals surface area contributed by atoms with E-state index in [1.165, 1.54) is 0 Å². The Balaban J connectivity index is 1.36. The van der Waals surface area contributed by atoms with Gasteiger partial charge in [-0.2, -0.15) is 0 Å². The average molecular weight is 564 g/mol. The van der Waals surface area contributed by atoms with E-state index >= 15 is 0 Å². The number of rotatable bonds is 14. The Morgan fingerprint density at radius 1 is 0.900 bits per heavy atom. The third kappa shape index (κ3) is 8.40. The minimum absolute atomic E-state index is 0.0412. The molecule has 0 saturated heterocycles. The zero-order chi connectivity index (χ0) is 28.5. The number of carbonyl (C=O) groups excluding carboxylic acids is 2. The van der Waals surface area contributed by atoms with Crippen molar-refractivity contribution in [1.29, 1.82) is 0 Å². The molecule has 1 aliphatic carbocycles. The Kier molecular flexibility index (Phi) is 9.95. The maximum absolute atomic E-state index is 13.4. The summed E-state index contributed by atoms with van der Waals surface area (Å²) in [4.78, 5) is 28.3. The minimum atomic E-state index is -3.52. The van der Waals surface area contributed by atoms with Crippen LogP contribution in [0, 0.1) is 0 Å². The van der Waals surface area contributed by atoms with Crippen molar-refractivity contribution in [1.82, 2.24) is 14.9 Å². The number of ether oxygens (including phenoxy) is 1. The second-order valence-corrected chi connectivity index (χ2v) is 11.8. The SMILES string of the molecule is COc1ccc(CCNC(=O)[C@H](C)N(Cc2ccccc2)C(=O)CCc2ccc(S(=O)(=O)NC3CC3)cc2)cc1. The zero-order valence-electron chi connectivity index (χ0n) is 23.0. The molecule has 212 valence electrons. The summed E-state index contributed by atoms with van der Waals surface area (Å²) in [5, 5.41) is 2.97. The average Bonchev–Trinajstić information content (AvgIpc) is 3.78. The molecule has 9 heteroatoms. The van der Waals surface area contributed by atoms with Crippen LogP contribution in [-0.4, -0.2) is 50.9 Å². The van der Waals surface area contributed by atoms with E-state index in [-0.39, 0.29) is 29.2 Å². The second kappa shape index (κ2) is 13.6. The van der Waals surface area contributed by atoms with Crippen LogP contribution in [0.5, 0.6) is 5.75 Å². The van der Waals surface area contributed by atoms with Crippen molar-refractivity contribution in [2.75, 3.05) is 13.7 Å². The Bertz CT molecular complexity index is 1370. The first kappa shape index (κ1) is 29.3. The van der Waals surface area contributed by atoms with Gasteiger partial charge < -0.3 is 15.0 Å². The number of carbonyl (C=O) groups is 2. The molecule has 0 spiro atoms. The van der Waals surface area contributed by atoms with E-state index < -0.39 is 16.1 Å². The summed E-state index contributed by atoms with van der Waals surface area (Å²) >= 11 is 0. The highest BCUT2D eigenvalue weighted by molar-refractivity contribution is 7.89. The highest BCUT2D eigenvalue weighted by atomic mass is 32.2. The van der Waals surface area contributed by atoms with Gasteiger partial charge in [-0.05, 0) is 73.6 Å². The molecule has 1 fully saturated rings. The Labute approximate surface area is 236 Å². The maximum Gasteiger partial charge on any atom is 0.242 e. The van der Waals surface area contributed by atoms with E-state index in [0.29, 0.717) is 25.9 Å². The van der Waals surface area contributed by atoms with Gasteiger partial charge >= 0.3 is 0 Å². The molecule has 2 amide bonds. The molecule has 8 nitrogen and oxygen atoms in total. The number of nitrogens with zero attached hydrogens (tertiary/aromatic N) is 1. The zero-order valence-corrected chi connectivity index (χ0v) is 23.8. The van der Waals surface area contributed by atoms with Gasteiger partial charge in [-0.3, -0.25) is 9.59 Å². The van der Waals surface area contributed by atoms with Gasteiger partial charge in [0.25, 0.3) is 0 Å². The van der Waals surface area contributed by atoms with Crippen LogP contribution in [0.2, 0.25) is 0 Å². The number of sulfonamides is 1. The molecule has 2 N–H and O–H groups in total. The van der Waals surface area contributed by atoms with E-state index in [4.69, 9.17) is 4.74 Å². The predicted molar refractivity (Wildman–Crippen MR) is 154 cm³/mol. The van der Waals surface area contributed by atoms with Gasteiger partial charge in [0.1, 0.15) is 11.8 Å². The third-order valence-electron chi connectivity index (χ3n) is 7.00. The second-order valence-electron chi connectivity index (χ2n) is 10.1. The number of hydrogen-bond donors (Lipinski definition) is 2. The van der Waals surface area contributed by atoms with Gasteiger partial charge in [-0.15, -0.1) is 0 Å². The van der Waals surface area contributed by atoms with E-state index in [2.05, 4.69) is 10.0 Å². The van der Waals surface area contributed by atoms with Crippen molar-refractivity contribution in [3.63, 3.8) is 0 Å². The van der Waals surface area contributed by atoms with E-state index in [1.54, 1.807) is 43.2 Å². The molecule has 3 aromatic rings. The highest BCUT2D eigenvalue weighted by Gasteiger charge is 2.28. The fraction of sp³-hybridized carbons (Fsp3) is 0.355. The molecule has 4 rings (SSSR count). The molecule has 1 atom stereocenters. The number of aryl methyl sites for hydroxylation is 1. The molecule has 3 aromatic carbocycles. The van der Waals surface area contributed by atoms with E-state index in [1.807, 2.05) is 54.6 Å². The Hall–Kier alpha value is -3.69.